The Balaban J connectivity index is 1.33. The molecule has 3 aromatic carbocycles. The molecule has 234 valence electrons. The maximum atomic E-state index is 13.7. The molecule has 0 saturated carbocycles. The molecule has 1 saturated heterocycles. The summed E-state index contributed by atoms with van der Waals surface area (Å²) in [6.45, 7) is 3.35. The number of imidazole rings is 1. The highest BCUT2D eigenvalue weighted by Gasteiger charge is 2.30. The minimum Gasteiger partial charge on any atom is -0.368 e. The minimum absolute atomic E-state index is 0.00310. The number of halogens is 4. The lowest BCUT2D eigenvalue weighted by atomic mass is 10.1. The molecule has 2 N–H and O–H groups in total. The van der Waals surface area contributed by atoms with Gasteiger partial charge in [0.15, 0.2) is 5.82 Å². The summed E-state index contributed by atoms with van der Waals surface area (Å²) in [4.78, 5) is 44.9. The Morgan fingerprint density at radius 3 is 2.24 bits per heavy atom. The molecule has 0 spiro atoms. The van der Waals surface area contributed by atoms with E-state index in [0.29, 0.717) is 42.5 Å². The number of anilines is 3. The lowest BCUT2D eigenvalue weighted by Gasteiger charge is -2.36. The molecule has 0 aliphatic carbocycles. The van der Waals surface area contributed by atoms with Crippen molar-refractivity contribution in [2.75, 3.05) is 41.7 Å². The molecule has 5 rings (SSSR count). The number of piperazine rings is 1. The molecule has 0 bridgehead atoms. The molecule has 0 radical (unpaired) electrons. The van der Waals surface area contributed by atoms with E-state index in [1.54, 1.807) is 42.2 Å². The van der Waals surface area contributed by atoms with Crippen molar-refractivity contribution >= 4 is 46.4 Å². The minimum atomic E-state index is -4.49. The summed E-state index contributed by atoms with van der Waals surface area (Å²) in [6, 6.07) is 15.1. The second-order valence-electron chi connectivity index (χ2n) is 10.4. The van der Waals surface area contributed by atoms with Crippen LogP contribution >= 0.6 is 11.6 Å². The predicted molar refractivity (Wildman–Crippen MR) is 163 cm³/mol. The molecule has 1 aliphatic rings. The topological polar surface area (TPSA) is 126 Å². The number of nitrogens with zero attached hydrogens (tertiary/aromatic N) is 5. The van der Waals surface area contributed by atoms with Crippen LogP contribution in [-0.2, 0) is 12.7 Å². The fraction of sp³-hybridized carbons (Fsp3) is 0.233. The summed E-state index contributed by atoms with van der Waals surface area (Å²) in [6.07, 6.45) is -3.04. The number of urea groups is 1. The number of nitrogens with one attached hydrogen (secondary N) is 2. The number of hydrogen-bond donors (Lipinski definition) is 2. The van der Waals surface area contributed by atoms with Gasteiger partial charge in [0.25, 0.3) is 11.6 Å². The third-order valence-electron chi connectivity index (χ3n) is 7.27. The highest BCUT2D eigenvalue weighted by atomic mass is 35.5. The smallest absolute Gasteiger partial charge is 0.368 e. The van der Waals surface area contributed by atoms with Gasteiger partial charge in [-0.3, -0.25) is 20.2 Å². The van der Waals surface area contributed by atoms with Gasteiger partial charge in [0.1, 0.15) is 0 Å². The third kappa shape index (κ3) is 7.52. The van der Waals surface area contributed by atoms with Crippen LogP contribution in [0.4, 0.5) is 40.8 Å². The largest absolute Gasteiger partial charge is 0.416 e. The maximum absolute atomic E-state index is 13.7. The van der Waals surface area contributed by atoms with Crippen molar-refractivity contribution in [2.24, 2.45) is 0 Å². The van der Waals surface area contributed by atoms with E-state index in [1.165, 1.54) is 35.0 Å². The van der Waals surface area contributed by atoms with E-state index >= 15 is 0 Å². The van der Waals surface area contributed by atoms with Crippen LogP contribution in [0.15, 0.2) is 72.9 Å². The highest BCUT2D eigenvalue weighted by molar-refractivity contribution is 6.30. The molecule has 11 nitrogen and oxygen atoms in total. The fourth-order valence-corrected chi connectivity index (χ4v) is 5.12. The summed E-state index contributed by atoms with van der Waals surface area (Å²) in [5.74, 6) is -0.359. The highest BCUT2D eigenvalue weighted by Crippen LogP contribution is 2.29. The number of carbonyl (C=O) groups excluding carboxylic acids is 2. The number of nitro benzene ring substituents is 1. The van der Waals surface area contributed by atoms with Crippen LogP contribution in [0.2, 0.25) is 5.02 Å². The number of aromatic nitrogens is 2. The number of amides is 3. The summed E-state index contributed by atoms with van der Waals surface area (Å²) in [5.41, 5.74) is 1.71. The number of benzene rings is 3. The quantitative estimate of drug-likeness (QED) is 0.177. The van der Waals surface area contributed by atoms with Crippen molar-refractivity contribution in [3.63, 3.8) is 0 Å². The Labute approximate surface area is 260 Å². The van der Waals surface area contributed by atoms with Crippen molar-refractivity contribution < 1.29 is 27.7 Å². The zero-order valence-electron chi connectivity index (χ0n) is 23.8. The van der Waals surface area contributed by atoms with E-state index in [9.17, 15) is 32.9 Å². The van der Waals surface area contributed by atoms with Gasteiger partial charge in [-0.25, -0.2) is 9.78 Å². The van der Waals surface area contributed by atoms with Gasteiger partial charge in [-0.2, -0.15) is 13.2 Å². The Hall–Kier alpha value is -5.11. The molecule has 4 aromatic rings. The van der Waals surface area contributed by atoms with Gasteiger partial charge in [0, 0.05) is 67.5 Å². The SMILES string of the molecule is Cc1cc(Cl)ccc1NC(=O)Nc1cn(Cc2ccc(C(F)(F)F)cc2)c(C(=O)N2CCN(c3ccc([N+](=O)[O-])cc3)CC2)n1. The zero-order valence-corrected chi connectivity index (χ0v) is 24.6. The van der Waals surface area contributed by atoms with Crippen LogP contribution in [0, 0.1) is 17.0 Å². The van der Waals surface area contributed by atoms with E-state index in [-0.39, 0.29) is 23.9 Å². The normalized spacial score (nSPS) is 13.4. The lowest BCUT2D eigenvalue weighted by Crippen LogP contribution is -2.49. The van der Waals surface area contributed by atoms with Crippen LogP contribution in [-0.4, -0.2) is 57.5 Å². The fourth-order valence-electron chi connectivity index (χ4n) is 4.89. The zero-order chi connectivity index (χ0) is 32.3. The van der Waals surface area contributed by atoms with Crippen molar-refractivity contribution in [2.45, 2.75) is 19.6 Å². The number of non-ortho nitro benzene ring substituents is 1. The molecular weight excluding hydrogens is 615 g/mol. The average Bonchev–Trinajstić information content (AvgIpc) is 3.39. The summed E-state index contributed by atoms with van der Waals surface area (Å²) in [7, 11) is 0. The van der Waals surface area contributed by atoms with Crippen molar-refractivity contribution in [3.8, 4) is 0 Å². The van der Waals surface area contributed by atoms with Gasteiger partial charge in [-0.05, 0) is 60.5 Å². The van der Waals surface area contributed by atoms with Gasteiger partial charge >= 0.3 is 12.2 Å². The van der Waals surface area contributed by atoms with E-state index in [0.717, 1.165) is 23.4 Å². The summed E-state index contributed by atoms with van der Waals surface area (Å²) < 4.78 is 40.7. The Morgan fingerprint density at radius 1 is 0.978 bits per heavy atom. The second kappa shape index (κ2) is 12.9. The van der Waals surface area contributed by atoms with Crippen molar-refractivity contribution in [1.82, 2.24) is 14.5 Å². The Kier molecular flexibility index (Phi) is 8.95. The van der Waals surface area contributed by atoms with Crippen molar-refractivity contribution in [1.29, 1.82) is 0 Å². The molecular formula is C30H27ClF3N7O4. The standard InChI is InChI=1S/C30H27ClF3N7O4/c1-19-16-22(31)6-11-25(19)35-29(43)37-26-18-40(17-20-2-4-21(5-3-20)30(32,33)34)27(36-26)28(42)39-14-12-38(13-15-39)23-7-9-24(10-8-23)41(44)45/h2-11,16,18H,12-15,17H2,1H3,(H2,35,37,43). The Bertz CT molecular complexity index is 1720. The summed E-state index contributed by atoms with van der Waals surface area (Å²) >= 11 is 5.99. The van der Waals surface area contributed by atoms with Gasteiger partial charge in [-0.1, -0.05) is 23.7 Å². The van der Waals surface area contributed by atoms with Crippen LogP contribution in [0.3, 0.4) is 0 Å². The van der Waals surface area contributed by atoms with Crippen LogP contribution in [0.25, 0.3) is 0 Å². The van der Waals surface area contributed by atoms with Crippen LogP contribution in [0.5, 0.6) is 0 Å². The molecule has 2 heterocycles. The third-order valence-corrected chi connectivity index (χ3v) is 7.51. The Morgan fingerprint density at radius 2 is 1.64 bits per heavy atom. The number of aryl methyl sites for hydroxylation is 1. The van der Waals surface area contributed by atoms with E-state index in [4.69, 9.17) is 11.6 Å². The number of alkyl halides is 3. The van der Waals surface area contributed by atoms with E-state index in [2.05, 4.69) is 15.6 Å². The lowest BCUT2D eigenvalue weighted by molar-refractivity contribution is -0.384. The van der Waals surface area contributed by atoms with Crippen LogP contribution < -0.4 is 15.5 Å². The average molecular weight is 642 g/mol. The number of carbonyl (C=O) groups is 2. The first kappa shape index (κ1) is 31.3. The monoisotopic (exact) mass is 641 g/mol. The van der Waals surface area contributed by atoms with Crippen molar-refractivity contribution in [3.05, 3.63) is 111 Å². The van der Waals surface area contributed by atoms with E-state index < -0.39 is 28.6 Å². The number of rotatable bonds is 7. The first-order valence-corrected chi connectivity index (χ1v) is 14.1. The molecule has 45 heavy (non-hydrogen) atoms. The molecule has 1 aromatic heterocycles. The molecule has 15 heteroatoms. The van der Waals surface area contributed by atoms with Gasteiger partial charge < -0.3 is 19.7 Å². The molecule has 0 unspecified atom stereocenters. The van der Waals surface area contributed by atoms with Gasteiger partial charge in [0.2, 0.25) is 5.82 Å². The second-order valence-corrected chi connectivity index (χ2v) is 10.8. The molecule has 1 fully saturated rings. The van der Waals surface area contributed by atoms with Gasteiger partial charge in [-0.15, -0.1) is 0 Å². The number of nitro groups is 1. The predicted octanol–water partition coefficient (Wildman–Crippen LogP) is 6.43. The summed E-state index contributed by atoms with van der Waals surface area (Å²) in [5, 5.41) is 16.8. The first-order valence-electron chi connectivity index (χ1n) is 13.7. The van der Waals surface area contributed by atoms with E-state index in [1.807, 2.05) is 4.90 Å². The van der Waals surface area contributed by atoms with Gasteiger partial charge in [0.05, 0.1) is 10.5 Å². The number of hydrogen-bond acceptors (Lipinski definition) is 6. The molecule has 3 amide bonds. The maximum Gasteiger partial charge on any atom is 0.416 e. The molecule has 0 atom stereocenters. The first-order chi connectivity index (χ1) is 21.4. The molecule has 1 aliphatic heterocycles. The van der Waals surface area contributed by atoms with Crippen LogP contribution in [0.1, 0.15) is 27.3 Å².